The zero-order valence-electron chi connectivity index (χ0n) is 15.6. The lowest BCUT2D eigenvalue weighted by Gasteiger charge is -2.07. The lowest BCUT2D eigenvalue weighted by molar-refractivity contribution is 0.102. The number of amides is 1. The van der Waals surface area contributed by atoms with Crippen molar-refractivity contribution in [2.75, 3.05) is 5.32 Å². The zero-order chi connectivity index (χ0) is 20.2. The molecule has 2 heterocycles. The standard InChI is InChI=1S/C23H17N3O2S/c1-15-21(29-23(25-15)19-12-5-6-13-24-19)22(28)26-18-11-7-10-17(14-18)20(27)16-8-3-2-4-9-16/h2-14H,1H3,(H,26,28). The number of pyridine rings is 1. The van der Waals surface area contributed by atoms with Gasteiger partial charge in [-0.3, -0.25) is 14.6 Å². The Balaban J connectivity index is 1.55. The highest BCUT2D eigenvalue weighted by molar-refractivity contribution is 7.17. The fourth-order valence-corrected chi connectivity index (χ4v) is 3.83. The van der Waals surface area contributed by atoms with Crippen molar-refractivity contribution in [1.82, 2.24) is 9.97 Å². The number of ketones is 1. The predicted molar refractivity (Wildman–Crippen MR) is 114 cm³/mol. The Morgan fingerprint density at radius 2 is 1.66 bits per heavy atom. The molecule has 0 saturated carbocycles. The molecule has 0 bridgehead atoms. The first-order chi connectivity index (χ1) is 14.1. The molecule has 0 aliphatic heterocycles. The van der Waals surface area contributed by atoms with Gasteiger partial charge < -0.3 is 5.32 Å². The molecule has 0 saturated heterocycles. The second-order valence-electron chi connectivity index (χ2n) is 6.38. The third-order valence-electron chi connectivity index (χ3n) is 4.31. The van der Waals surface area contributed by atoms with Crippen molar-refractivity contribution in [3.63, 3.8) is 0 Å². The van der Waals surface area contributed by atoms with E-state index in [0.29, 0.717) is 32.4 Å². The molecule has 0 aliphatic carbocycles. The van der Waals surface area contributed by atoms with Crippen molar-refractivity contribution < 1.29 is 9.59 Å². The average Bonchev–Trinajstić information content (AvgIpc) is 3.16. The Kier molecular flexibility index (Phi) is 5.27. The number of rotatable bonds is 5. The normalized spacial score (nSPS) is 10.5. The second kappa shape index (κ2) is 8.16. The Labute approximate surface area is 172 Å². The monoisotopic (exact) mass is 399 g/mol. The highest BCUT2D eigenvalue weighted by atomic mass is 32.1. The highest BCUT2D eigenvalue weighted by Crippen LogP contribution is 2.27. The van der Waals surface area contributed by atoms with Gasteiger partial charge in [0.25, 0.3) is 5.91 Å². The second-order valence-corrected chi connectivity index (χ2v) is 7.38. The molecule has 2 aromatic heterocycles. The molecule has 0 atom stereocenters. The van der Waals surface area contributed by atoms with Gasteiger partial charge in [-0.05, 0) is 31.2 Å². The van der Waals surface area contributed by atoms with Crippen LogP contribution in [-0.2, 0) is 0 Å². The van der Waals surface area contributed by atoms with Crippen LogP contribution in [0.3, 0.4) is 0 Å². The molecular formula is C23H17N3O2S. The predicted octanol–water partition coefficient (Wildman–Crippen LogP) is 5.00. The quantitative estimate of drug-likeness (QED) is 0.480. The Bertz CT molecular complexity index is 1170. The van der Waals surface area contributed by atoms with Gasteiger partial charge in [-0.2, -0.15) is 0 Å². The van der Waals surface area contributed by atoms with E-state index in [0.717, 1.165) is 5.69 Å². The third kappa shape index (κ3) is 4.12. The van der Waals surface area contributed by atoms with Gasteiger partial charge in [-0.15, -0.1) is 11.3 Å². The molecule has 4 aromatic rings. The zero-order valence-corrected chi connectivity index (χ0v) is 16.4. The van der Waals surface area contributed by atoms with Gasteiger partial charge in [-0.1, -0.05) is 48.5 Å². The van der Waals surface area contributed by atoms with Crippen LogP contribution in [0.5, 0.6) is 0 Å². The van der Waals surface area contributed by atoms with Gasteiger partial charge in [-0.25, -0.2) is 4.98 Å². The first-order valence-corrected chi connectivity index (χ1v) is 9.83. The van der Waals surface area contributed by atoms with Crippen molar-refractivity contribution in [2.24, 2.45) is 0 Å². The van der Waals surface area contributed by atoms with Gasteiger partial charge in [0.15, 0.2) is 5.78 Å². The summed E-state index contributed by atoms with van der Waals surface area (Å²) in [5.74, 6) is -0.348. The number of aromatic nitrogens is 2. The molecule has 4 rings (SSSR count). The van der Waals surface area contributed by atoms with E-state index >= 15 is 0 Å². The van der Waals surface area contributed by atoms with E-state index < -0.39 is 0 Å². The maximum absolute atomic E-state index is 12.8. The molecule has 6 heteroatoms. The van der Waals surface area contributed by atoms with Crippen LogP contribution in [0.2, 0.25) is 0 Å². The van der Waals surface area contributed by atoms with E-state index in [4.69, 9.17) is 0 Å². The first-order valence-electron chi connectivity index (χ1n) is 9.02. The van der Waals surface area contributed by atoms with Gasteiger partial charge in [0, 0.05) is 23.0 Å². The third-order valence-corrected chi connectivity index (χ3v) is 5.48. The summed E-state index contributed by atoms with van der Waals surface area (Å²) in [5, 5.41) is 3.57. The van der Waals surface area contributed by atoms with Gasteiger partial charge in [0.05, 0.1) is 11.4 Å². The van der Waals surface area contributed by atoms with Crippen molar-refractivity contribution >= 4 is 28.7 Å². The molecule has 29 heavy (non-hydrogen) atoms. The summed E-state index contributed by atoms with van der Waals surface area (Å²) >= 11 is 1.29. The maximum Gasteiger partial charge on any atom is 0.267 e. The molecule has 1 amide bonds. The van der Waals surface area contributed by atoms with E-state index in [1.54, 1.807) is 49.5 Å². The molecule has 2 aromatic carbocycles. The minimum Gasteiger partial charge on any atom is -0.321 e. The molecule has 142 valence electrons. The Morgan fingerprint density at radius 1 is 0.897 bits per heavy atom. The first kappa shape index (κ1) is 18.7. The minimum atomic E-state index is -0.258. The topological polar surface area (TPSA) is 72.0 Å². The summed E-state index contributed by atoms with van der Waals surface area (Å²) in [6.45, 7) is 1.80. The number of carbonyl (C=O) groups is 2. The Morgan fingerprint density at radius 3 is 2.41 bits per heavy atom. The molecule has 5 nitrogen and oxygen atoms in total. The van der Waals surface area contributed by atoms with E-state index in [1.165, 1.54) is 11.3 Å². The average molecular weight is 399 g/mol. The molecule has 0 aliphatic rings. The van der Waals surface area contributed by atoms with Crippen LogP contribution in [0, 0.1) is 6.92 Å². The summed E-state index contributed by atoms with van der Waals surface area (Å²) in [6, 6.07) is 21.6. The van der Waals surface area contributed by atoms with Crippen molar-refractivity contribution in [3.05, 3.63) is 101 Å². The summed E-state index contributed by atoms with van der Waals surface area (Å²) in [5.41, 5.74) is 3.06. The summed E-state index contributed by atoms with van der Waals surface area (Å²) in [7, 11) is 0. The molecular weight excluding hydrogens is 382 g/mol. The molecule has 1 N–H and O–H groups in total. The van der Waals surface area contributed by atoms with Gasteiger partial charge in [0.2, 0.25) is 0 Å². The van der Waals surface area contributed by atoms with Gasteiger partial charge in [0.1, 0.15) is 9.88 Å². The largest absolute Gasteiger partial charge is 0.321 e. The van der Waals surface area contributed by atoms with Crippen LogP contribution >= 0.6 is 11.3 Å². The van der Waals surface area contributed by atoms with Crippen molar-refractivity contribution in [2.45, 2.75) is 6.92 Å². The van der Waals surface area contributed by atoms with Crippen molar-refractivity contribution in [1.29, 1.82) is 0 Å². The number of anilines is 1. The van der Waals surface area contributed by atoms with Crippen LogP contribution in [0.4, 0.5) is 5.69 Å². The van der Waals surface area contributed by atoms with Crippen LogP contribution < -0.4 is 5.32 Å². The summed E-state index contributed by atoms with van der Waals surface area (Å²) < 4.78 is 0. The van der Waals surface area contributed by atoms with E-state index in [9.17, 15) is 9.59 Å². The number of benzene rings is 2. The number of thiazole rings is 1. The lowest BCUT2D eigenvalue weighted by atomic mass is 10.0. The van der Waals surface area contributed by atoms with E-state index in [2.05, 4.69) is 15.3 Å². The van der Waals surface area contributed by atoms with E-state index in [-0.39, 0.29) is 11.7 Å². The van der Waals surface area contributed by atoms with E-state index in [1.807, 2.05) is 36.4 Å². The number of aryl methyl sites for hydroxylation is 1. The number of carbonyl (C=O) groups excluding carboxylic acids is 2. The van der Waals surface area contributed by atoms with Crippen molar-refractivity contribution in [3.8, 4) is 10.7 Å². The molecule has 0 spiro atoms. The molecule has 0 fully saturated rings. The lowest BCUT2D eigenvalue weighted by Crippen LogP contribution is -2.12. The summed E-state index contributed by atoms with van der Waals surface area (Å²) in [4.78, 5) is 34.7. The maximum atomic E-state index is 12.8. The smallest absolute Gasteiger partial charge is 0.267 e. The molecule has 0 radical (unpaired) electrons. The number of hydrogen-bond acceptors (Lipinski definition) is 5. The van der Waals surface area contributed by atoms with Crippen LogP contribution in [0.1, 0.15) is 31.3 Å². The van der Waals surface area contributed by atoms with Gasteiger partial charge >= 0.3 is 0 Å². The number of nitrogens with zero attached hydrogens (tertiary/aromatic N) is 2. The van der Waals surface area contributed by atoms with Crippen LogP contribution in [-0.4, -0.2) is 21.7 Å². The Hall–Kier alpha value is -3.64. The summed E-state index contributed by atoms with van der Waals surface area (Å²) in [6.07, 6.45) is 1.70. The minimum absolute atomic E-state index is 0.0897. The van der Waals surface area contributed by atoms with Crippen LogP contribution in [0.15, 0.2) is 79.0 Å². The SMILES string of the molecule is Cc1nc(-c2ccccn2)sc1C(=O)Nc1cccc(C(=O)c2ccccc2)c1. The number of hydrogen-bond donors (Lipinski definition) is 1. The molecule has 0 unspecified atom stereocenters. The fraction of sp³-hybridized carbons (Fsp3) is 0.0435. The fourth-order valence-electron chi connectivity index (χ4n) is 2.89. The highest BCUT2D eigenvalue weighted by Gasteiger charge is 2.17. The number of nitrogens with one attached hydrogen (secondary N) is 1. The van der Waals surface area contributed by atoms with Crippen LogP contribution in [0.25, 0.3) is 10.7 Å².